The third-order valence-electron chi connectivity index (χ3n) is 4.25. The lowest BCUT2D eigenvalue weighted by atomic mass is 10.1. The van der Waals surface area contributed by atoms with Crippen LogP contribution in [0.2, 0.25) is 0 Å². The maximum atomic E-state index is 13.3. The molecule has 1 aromatic heterocycles. The average molecular weight is 420 g/mol. The van der Waals surface area contributed by atoms with Gasteiger partial charge in [-0.1, -0.05) is 24.3 Å². The molecule has 0 aliphatic rings. The highest BCUT2D eigenvalue weighted by atomic mass is 19.4. The molecule has 0 aliphatic carbocycles. The lowest BCUT2D eigenvalue weighted by molar-refractivity contribution is -0.147. The summed E-state index contributed by atoms with van der Waals surface area (Å²) in [6, 6.07) is 11.5. The minimum atomic E-state index is -4.73. The first kappa shape index (κ1) is 21.2. The molecule has 0 spiro atoms. The Balaban J connectivity index is 1.61. The van der Waals surface area contributed by atoms with Gasteiger partial charge in [-0.2, -0.15) is 13.2 Å². The number of hydrogen-bond acceptors (Lipinski definition) is 4. The summed E-state index contributed by atoms with van der Waals surface area (Å²) < 4.78 is 46.0. The number of halogens is 3. The number of amides is 2. The van der Waals surface area contributed by atoms with Gasteiger partial charge in [0.25, 0.3) is 11.8 Å². The lowest BCUT2D eigenvalue weighted by Gasteiger charge is -2.13. The number of aryl methyl sites for hydroxylation is 2. The van der Waals surface area contributed by atoms with Gasteiger partial charge in [-0.05, 0) is 43.2 Å². The molecule has 10 heteroatoms. The van der Waals surface area contributed by atoms with Crippen LogP contribution in [0.3, 0.4) is 0 Å². The fourth-order valence-corrected chi connectivity index (χ4v) is 2.82. The molecule has 0 bridgehead atoms. The van der Waals surface area contributed by atoms with Gasteiger partial charge in [0.05, 0.1) is 11.0 Å². The van der Waals surface area contributed by atoms with E-state index < -0.39 is 30.4 Å². The second kappa shape index (κ2) is 8.44. The van der Waals surface area contributed by atoms with Crippen molar-refractivity contribution in [1.29, 1.82) is 0 Å². The highest BCUT2D eigenvalue weighted by Crippen LogP contribution is 2.31. The molecule has 0 fully saturated rings. The number of nitrogens with one attached hydrogen (secondary N) is 2. The van der Waals surface area contributed by atoms with Crippen LogP contribution in [-0.2, 0) is 22.3 Å². The molecule has 7 nitrogen and oxygen atoms in total. The smallest absolute Gasteiger partial charge is 0.449 e. The summed E-state index contributed by atoms with van der Waals surface area (Å²) in [6.45, 7) is 2.66. The van der Waals surface area contributed by atoms with E-state index in [-0.39, 0.29) is 17.6 Å². The molecule has 0 saturated heterocycles. The van der Waals surface area contributed by atoms with Gasteiger partial charge >= 0.3 is 6.18 Å². The molecule has 0 atom stereocenters. The zero-order chi connectivity index (χ0) is 21.9. The third-order valence-corrected chi connectivity index (χ3v) is 4.25. The number of hydrazine groups is 1. The molecule has 30 heavy (non-hydrogen) atoms. The van der Waals surface area contributed by atoms with Crippen LogP contribution in [0.4, 0.5) is 13.2 Å². The molecule has 1 heterocycles. The van der Waals surface area contributed by atoms with E-state index in [1.54, 1.807) is 18.2 Å². The van der Waals surface area contributed by atoms with Crippen molar-refractivity contribution in [2.75, 3.05) is 6.61 Å². The summed E-state index contributed by atoms with van der Waals surface area (Å²) >= 11 is 0. The highest BCUT2D eigenvalue weighted by molar-refractivity contribution is 5.84. The first-order valence-electron chi connectivity index (χ1n) is 8.95. The first-order valence-corrected chi connectivity index (χ1v) is 8.95. The number of para-hydroxylation sites is 2. The summed E-state index contributed by atoms with van der Waals surface area (Å²) in [4.78, 5) is 27.6. The number of carbonyl (C=O) groups is 2. The van der Waals surface area contributed by atoms with Crippen LogP contribution in [0.1, 0.15) is 17.0 Å². The van der Waals surface area contributed by atoms with Crippen LogP contribution in [0, 0.1) is 13.8 Å². The average Bonchev–Trinajstić information content (AvgIpc) is 3.06. The number of fused-ring (bicyclic) bond motifs is 1. The van der Waals surface area contributed by atoms with E-state index in [4.69, 9.17) is 4.74 Å². The molecule has 0 radical (unpaired) electrons. The van der Waals surface area contributed by atoms with Crippen molar-refractivity contribution >= 4 is 22.8 Å². The number of nitrogens with zero attached hydrogens (tertiary/aromatic N) is 2. The number of imidazole rings is 1. The van der Waals surface area contributed by atoms with Gasteiger partial charge in [0, 0.05) is 0 Å². The Morgan fingerprint density at radius 1 is 1.07 bits per heavy atom. The maximum Gasteiger partial charge on any atom is 0.449 e. The molecule has 0 saturated carbocycles. The monoisotopic (exact) mass is 420 g/mol. The van der Waals surface area contributed by atoms with Gasteiger partial charge in [-0.25, -0.2) is 4.98 Å². The van der Waals surface area contributed by atoms with Crippen LogP contribution in [0.25, 0.3) is 11.0 Å². The summed E-state index contributed by atoms with van der Waals surface area (Å²) in [5, 5.41) is 0. The van der Waals surface area contributed by atoms with Gasteiger partial charge in [0.15, 0.2) is 6.61 Å². The predicted octanol–water partition coefficient (Wildman–Crippen LogP) is 2.90. The SMILES string of the molecule is Cc1ccc(C)c(OCC(=O)NNC(=O)Cn2c(C(F)(F)F)nc3ccccc32)c1. The number of ether oxygens (including phenoxy) is 1. The number of aromatic nitrogens is 2. The van der Waals surface area contributed by atoms with E-state index in [9.17, 15) is 22.8 Å². The van der Waals surface area contributed by atoms with Crippen molar-refractivity contribution in [3.05, 3.63) is 59.4 Å². The number of hydrogen-bond donors (Lipinski definition) is 2. The van der Waals surface area contributed by atoms with Gasteiger partial charge in [-0.15, -0.1) is 0 Å². The zero-order valence-electron chi connectivity index (χ0n) is 16.2. The Morgan fingerprint density at radius 2 is 1.77 bits per heavy atom. The van der Waals surface area contributed by atoms with Crippen LogP contribution in [-0.4, -0.2) is 28.0 Å². The summed E-state index contributed by atoms with van der Waals surface area (Å²) in [6.07, 6.45) is -4.73. The quantitative estimate of drug-likeness (QED) is 0.622. The van der Waals surface area contributed by atoms with Crippen molar-refractivity contribution < 1.29 is 27.5 Å². The number of benzene rings is 2. The molecule has 0 aliphatic heterocycles. The largest absolute Gasteiger partial charge is 0.483 e. The van der Waals surface area contributed by atoms with Crippen molar-refractivity contribution in [3.63, 3.8) is 0 Å². The third kappa shape index (κ3) is 4.88. The fourth-order valence-electron chi connectivity index (χ4n) is 2.82. The normalized spacial score (nSPS) is 11.4. The Morgan fingerprint density at radius 3 is 2.50 bits per heavy atom. The van der Waals surface area contributed by atoms with Crippen LogP contribution in [0.15, 0.2) is 42.5 Å². The molecule has 2 N–H and O–H groups in total. The molecule has 0 unspecified atom stereocenters. The summed E-state index contributed by atoms with van der Waals surface area (Å²) in [7, 11) is 0. The lowest BCUT2D eigenvalue weighted by Crippen LogP contribution is -2.45. The van der Waals surface area contributed by atoms with Gasteiger partial charge in [0.1, 0.15) is 12.3 Å². The highest BCUT2D eigenvalue weighted by Gasteiger charge is 2.38. The number of rotatable bonds is 5. The Labute approximate surface area is 169 Å². The predicted molar refractivity (Wildman–Crippen MR) is 102 cm³/mol. The molecule has 2 aromatic carbocycles. The Kier molecular flexibility index (Phi) is 5.95. The van der Waals surface area contributed by atoms with Crippen molar-refractivity contribution in [2.45, 2.75) is 26.6 Å². The standard InChI is InChI=1S/C20H19F3N4O3/c1-12-7-8-13(2)16(9-12)30-11-18(29)26-25-17(28)10-27-15-6-4-3-5-14(15)24-19(27)20(21,22)23/h3-9H,10-11H2,1-2H3,(H,25,28)(H,26,29). The van der Waals surface area contributed by atoms with Gasteiger partial charge in [0.2, 0.25) is 5.82 Å². The Hall–Kier alpha value is -3.56. The van der Waals surface area contributed by atoms with E-state index >= 15 is 0 Å². The second-order valence-corrected chi connectivity index (χ2v) is 6.66. The number of carbonyl (C=O) groups excluding carboxylic acids is 2. The minimum Gasteiger partial charge on any atom is -0.483 e. The molecule has 3 aromatic rings. The van der Waals surface area contributed by atoms with Crippen LogP contribution >= 0.6 is 0 Å². The molecule has 3 rings (SSSR count). The van der Waals surface area contributed by atoms with E-state index in [1.807, 2.05) is 26.0 Å². The molecular formula is C20H19F3N4O3. The summed E-state index contributed by atoms with van der Waals surface area (Å²) in [5.74, 6) is -2.17. The molecule has 158 valence electrons. The zero-order valence-corrected chi connectivity index (χ0v) is 16.2. The van der Waals surface area contributed by atoms with Gasteiger partial charge in [-0.3, -0.25) is 20.4 Å². The van der Waals surface area contributed by atoms with Gasteiger partial charge < -0.3 is 9.30 Å². The summed E-state index contributed by atoms with van der Waals surface area (Å²) in [5.41, 5.74) is 6.28. The maximum absolute atomic E-state index is 13.3. The van der Waals surface area contributed by atoms with E-state index in [1.165, 1.54) is 12.1 Å². The fraction of sp³-hybridized carbons (Fsp3) is 0.250. The topological polar surface area (TPSA) is 85.3 Å². The van der Waals surface area contributed by atoms with Crippen molar-refractivity contribution in [3.8, 4) is 5.75 Å². The minimum absolute atomic E-state index is 0.114. The van der Waals surface area contributed by atoms with E-state index in [0.717, 1.165) is 15.7 Å². The van der Waals surface area contributed by atoms with Crippen molar-refractivity contribution in [1.82, 2.24) is 20.4 Å². The molecule has 2 amide bonds. The number of alkyl halides is 3. The van der Waals surface area contributed by atoms with Crippen LogP contribution in [0.5, 0.6) is 5.75 Å². The first-order chi connectivity index (χ1) is 14.1. The second-order valence-electron chi connectivity index (χ2n) is 6.66. The van der Waals surface area contributed by atoms with E-state index in [0.29, 0.717) is 5.75 Å². The molecular weight excluding hydrogens is 401 g/mol. The van der Waals surface area contributed by atoms with E-state index in [2.05, 4.69) is 15.8 Å². The van der Waals surface area contributed by atoms with Crippen LogP contribution < -0.4 is 15.6 Å². The Bertz CT molecular complexity index is 1090. The van der Waals surface area contributed by atoms with Crippen molar-refractivity contribution in [2.24, 2.45) is 0 Å².